The molecule has 0 amide bonds. The van der Waals surface area contributed by atoms with Crippen LogP contribution in [0.15, 0.2) is 16.5 Å². The molecule has 0 bridgehead atoms. The standard InChI is InChI=1S/C13H24N2O3S/c1-6-11-7-8-12(18-11)10(2)14-9-13(3,4)15-19(5,16)17/h7-8,10,14-15H,6,9H2,1-5H3/t10-/m0/s1. The Balaban J connectivity index is 2.56. The van der Waals surface area contributed by atoms with E-state index in [0.717, 1.165) is 24.2 Å². The number of hydrogen-bond acceptors (Lipinski definition) is 4. The lowest BCUT2D eigenvalue weighted by Crippen LogP contribution is -2.50. The van der Waals surface area contributed by atoms with Crippen LogP contribution in [0, 0.1) is 0 Å². The molecule has 19 heavy (non-hydrogen) atoms. The van der Waals surface area contributed by atoms with Crippen molar-refractivity contribution in [2.45, 2.75) is 45.7 Å². The second kappa shape index (κ2) is 6.07. The van der Waals surface area contributed by atoms with Crippen LogP contribution in [0.2, 0.25) is 0 Å². The van der Waals surface area contributed by atoms with Crippen LogP contribution < -0.4 is 10.0 Å². The molecule has 0 aliphatic carbocycles. The molecule has 1 heterocycles. The van der Waals surface area contributed by atoms with E-state index < -0.39 is 15.6 Å². The summed E-state index contributed by atoms with van der Waals surface area (Å²) < 4.78 is 30.7. The molecule has 0 fully saturated rings. The third-order valence-electron chi connectivity index (χ3n) is 2.77. The van der Waals surface area contributed by atoms with E-state index in [1.807, 2.05) is 39.8 Å². The van der Waals surface area contributed by atoms with Crippen molar-refractivity contribution in [3.05, 3.63) is 23.7 Å². The molecule has 0 saturated carbocycles. The lowest BCUT2D eigenvalue weighted by molar-refractivity contribution is 0.362. The van der Waals surface area contributed by atoms with Gasteiger partial charge in [0, 0.05) is 18.5 Å². The van der Waals surface area contributed by atoms with Crippen molar-refractivity contribution >= 4 is 10.0 Å². The predicted molar refractivity (Wildman–Crippen MR) is 76.6 cm³/mol. The van der Waals surface area contributed by atoms with Gasteiger partial charge in [0.1, 0.15) is 11.5 Å². The highest BCUT2D eigenvalue weighted by atomic mass is 32.2. The smallest absolute Gasteiger partial charge is 0.209 e. The van der Waals surface area contributed by atoms with E-state index in [1.165, 1.54) is 0 Å². The molecule has 0 saturated heterocycles. The molecule has 0 unspecified atom stereocenters. The van der Waals surface area contributed by atoms with E-state index in [-0.39, 0.29) is 6.04 Å². The summed E-state index contributed by atoms with van der Waals surface area (Å²) in [5.74, 6) is 1.82. The van der Waals surface area contributed by atoms with Gasteiger partial charge in [-0.15, -0.1) is 0 Å². The summed E-state index contributed by atoms with van der Waals surface area (Å²) in [5.41, 5.74) is -0.540. The highest BCUT2D eigenvalue weighted by Crippen LogP contribution is 2.17. The van der Waals surface area contributed by atoms with Gasteiger partial charge in [-0.2, -0.15) is 0 Å². The average Bonchev–Trinajstić information content (AvgIpc) is 2.71. The number of nitrogens with one attached hydrogen (secondary N) is 2. The Bertz CT molecular complexity index is 506. The van der Waals surface area contributed by atoms with Crippen molar-refractivity contribution in [3.63, 3.8) is 0 Å². The van der Waals surface area contributed by atoms with Gasteiger partial charge in [-0.3, -0.25) is 0 Å². The van der Waals surface area contributed by atoms with Gasteiger partial charge in [0.15, 0.2) is 0 Å². The van der Waals surface area contributed by atoms with Gasteiger partial charge < -0.3 is 9.73 Å². The van der Waals surface area contributed by atoms with Crippen LogP contribution in [-0.4, -0.2) is 26.8 Å². The maximum absolute atomic E-state index is 11.2. The van der Waals surface area contributed by atoms with Crippen LogP contribution in [-0.2, 0) is 16.4 Å². The molecule has 6 heteroatoms. The fourth-order valence-electron chi connectivity index (χ4n) is 1.86. The zero-order valence-electron chi connectivity index (χ0n) is 12.3. The summed E-state index contributed by atoms with van der Waals surface area (Å²) in [6.45, 7) is 8.23. The summed E-state index contributed by atoms with van der Waals surface area (Å²) in [7, 11) is -3.21. The lowest BCUT2D eigenvalue weighted by Gasteiger charge is -2.27. The van der Waals surface area contributed by atoms with Crippen molar-refractivity contribution in [1.29, 1.82) is 0 Å². The molecule has 1 aromatic heterocycles. The molecule has 0 spiro atoms. The van der Waals surface area contributed by atoms with Crippen molar-refractivity contribution in [1.82, 2.24) is 10.0 Å². The van der Waals surface area contributed by atoms with E-state index in [0.29, 0.717) is 6.54 Å². The molecule has 5 nitrogen and oxygen atoms in total. The summed E-state index contributed by atoms with van der Waals surface area (Å²) in [5, 5.41) is 3.28. The van der Waals surface area contributed by atoms with E-state index >= 15 is 0 Å². The molecule has 110 valence electrons. The van der Waals surface area contributed by atoms with Crippen molar-refractivity contribution in [2.75, 3.05) is 12.8 Å². The number of aryl methyl sites for hydroxylation is 1. The fraction of sp³-hybridized carbons (Fsp3) is 0.692. The minimum Gasteiger partial charge on any atom is -0.464 e. The van der Waals surface area contributed by atoms with Crippen LogP contribution in [0.3, 0.4) is 0 Å². The second-order valence-electron chi connectivity index (χ2n) is 5.52. The largest absolute Gasteiger partial charge is 0.464 e. The molecular weight excluding hydrogens is 264 g/mol. The first-order valence-corrected chi connectivity index (χ1v) is 8.33. The van der Waals surface area contributed by atoms with Gasteiger partial charge in [0.2, 0.25) is 10.0 Å². The van der Waals surface area contributed by atoms with Gasteiger partial charge in [-0.25, -0.2) is 13.1 Å². The lowest BCUT2D eigenvalue weighted by atomic mass is 10.1. The van der Waals surface area contributed by atoms with Crippen LogP contribution in [0.1, 0.15) is 45.3 Å². The Hall–Kier alpha value is -0.850. The minimum absolute atomic E-state index is 0.0425. The molecule has 1 atom stereocenters. The zero-order chi connectivity index (χ0) is 14.7. The monoisotopic (exact) mass is 288 g/mol. The molecule has 2 N–H and O–H groups in total. The van der Waals surface area contributed by atoms with Gasteiger partial charge in [0.05, 0.1) is 12.3 Å². The third kappa shape index (κ3) is 5.76. The van der Waals surface area contributed by atoms with Gasteiger partial charge in [-0.05, 0) is 32.9 Å². The fourth-order valence-corrected chi connectivity index (χ4v) is 2.94. The summed E-state index contributed by atoms with van der Waals surface area (Å²) >= 11 is 0. The molecule has 1 rings (SSSR count). The van der Waals surface area contributed by atoms with Gasteiger partial charge in [-0.1, -0.05) is 6.92 Å². The first-order valence-electron chi connectivity index (χ1n) is 6.44. The van der Waals surface area contributed by atoms with Crippen LogP contribution >= 0.6 is 0 Å². The molecule has 1 aromatic rings. The average molecular weight is 288 g/mol. The number of furan rings is 1. The number of hydrogen-bond donors (Lipinski definition) is 2. The van der Waals surface area contributed by atoms with Gasteiger partial charge in [0.25, 0.3) is 0 Å². The topological polar surface area (TPSA) is 71.3 Å². The Morgan fingerprint density at radius 3 is 2.47 bits per heavy atom. The highest BCUT2D eigenvalue weighted by molar-refractivity contribution is 7.88. The van der Waals surface area contributed by atoms with E-state index in [4.69, 9.17) is 4.42 Å². The van der Waals surface area contributed by atoms with Crippen LogP contribution in [0.5, 0.6) is 0 Å². The SMILES string of the molecule is CCc1ccc([C@H](C)NCC(C)(C)NS(C)(=O)=O)o1. The number of sulfonamides is 1. The van der Waals surface area contributed by atoms with Crippen molar-refractivity contribution < 1.29 is 12.8 Å². The minimum atomic E-state index is -3.21. The summed E-state index contributed by atoms with van der Waals surface area (Å²) in [6.07, 6.45) is 2.03. The van der Waals surface area contributed by atoms with Gasteiger partial charge >= 0.3 is 0 Å². The maximum Gasteiger partial charge on any atom is 0.209 e. The Labute approximate surface area is 115 Å². The molecule has 0 aliphatic heterocycles. The van der Waals surface area contributed by atoms with E-state index in [9.17, 15) is 8.42 Å². The van der Waals surface area contributed by atoms with Crippen molar-refractivity contribution in [3.8, 4) is 0 Å². The number of rotatable bonds is 7. The predicted octanol–water partition coefficient (Wildman–Crippen LogP) is 1.82. The third-order valence-corrected chi connectivity index (χ3v) is 3.69. The summed E-state index contributed by atoms with van der Waals surface area (Å²) in [6, 6.07) is 3.96. The second-order valence-corrected chi connectivity index (χ2v) is 7.27. The Morgan fingerprint density at radius 1 is 1.37 bits per heavy atom. The Kier molecular flexibility index (Phi) is 5.18. The van der Waals surface area contributed by atoms with Crippen LogP contribution in [0.4, 0.5) is 0 Å². The molecular formula is C13H24N2O3S. The van der Waals surface area contributed by atoms with Crippen LogP contribution in [0.25, 0.3) is 0 Å². The molecule has 0 radical (unpaired) electrons. The normalized spacial score (nSPS) is 14.6. The van der Waals surface area contributed by atoms with Crippen molar-refractivity contribution in [2.24, 2.45) is 0 Å². The summed E-state index contributed by atoms with van der Waals surface area (Å²) in [4.78, 5) is 0. The first kappa shape index (κ1) is 16.2. The zero-order valence-corrected chi connectivity index (χ0v) is 13.1. The quantitative estimate of drug-likeness (QED) is 0.803. The highest BCUT2D eigenvalue weighted by Gasteiger charge is 2.23. The van der Waals surface area contributed by atoms with E-state index in [1.54, 1.807) is 0 Å². The Morgan fingerprint density at radius 2 is 2.00 bits per heavy atom. The molecule has 0 aromatic carbocycles. The first-order chi connectivity index (χ1) is 8.63. The maximum atomic E-state index is 11.2. The van der Waals surface area contributed by atoms with E-state index in [2.05, 4.69) is 10.0 Å². The molecule has 0 aliphatic rings.